The molecule has 5 nitrogen and oxygen atoms in total. The van der Waals surface area contributed by atoms with Gasteiger partial charge in [-0.2, -0.15) is 5.10 Å². The number of anilines is 2. The molecule has 2 aromatic rings. The summed E-state index contributed by atoms with van der Waals surface area (Å²) in [5, 5.41) is 10.3. The van der Waals surface area contributed by atoms with Gasteiger partial charge >= 0.3 is 6.03 Å². The van der Waals surface area contributed by atoms with Crippen molar-refractivity contribution in [2.45, 2.75) is 39.5 Å². The first-order chi connectivity index (χ1) is 11.5. The van der Waals surface area contributed by atoms with Gasteiger partial charge in [0.25, 0.3) is 0 Å². The lowest BCUT2D eigenvalue weighted by atomic mass is 9.93. The van der Waals surface area contributed by atoms with Crippen molar-refractivity contribution in [3.63, 3.8) is 0 Å². The lowest BCUT2D eigenvalue weighted by molar-refractivity contribution is 0.262. The van der Waals surface area contributed by atoms with Crippen LogP contribution in [0.2, 0.25) is 0 Å². The van der Waals surface area contributed by atoms with Crippen LogP contribution in [-0.4, -0.2) is 15.8 Å². The second-order valence-corrected chi connectivity index (χ2v) is 6.35. The molecule has 2 N–H and O–H groups in total. The van der Waals surface area contributed by atoms with Gasteiger partial charge in [0.15, 0.2) is 0 Å². The van der Waals surface area contributed by atoms with E-state index in [1.807, 2.05) is 45.2 Å². The maximum Gasteiger partial charge on any atom is 0.324 e. The molecule has 24 heavy (non-hydrogen) atoms. The number of rotatable bonds is 3. The van der Waals surface area contributed by atoms with Gasteiger partial charge in [0, 0.05) is 18.3 Å². The van der Waals surface area contributed by atoms with E-state index in [4.69, 9.17) is 0 Å². The van der Waals surface area contributed by atoms with E-state index in [0.29, 0.717) is 0 Å². The molecule has 2 amide bonds. The summed E-state index contributed by atoms with van der Waals surface area (Å²) in [5.74, 6) is 0.755. The normalized spacial score (nSPS) is 14.2. The van der Waals surface area contributed by atoms with Gasteiger partial charge in [0.2, 0.25) is 0 Å². The number of allylic oxidation sites excluding steroid dienone is 2. The Kier molecular flexibility index (Phi) is 4.69. The Labute approximate surface area is 142 Å². The molecule has 0 atom stereocenters. The number of hydrogen-bond acceptors (Lipinski definition) is 2. The third kappa shape index (κ3) is 3.50. The Morgan fingerprint density at radius 3 is 2.54 bits per heavy atom. The molecule has 1 aliphatic rings. The maximum absolute atomic E-state index is 12.4. The molecular formula is C19H24N4O. The number of hydrogen-bond donors (Lipinski definition) is 2. The fourth-order valence-corrected chi connectivity index (χ4v) is 3.16. The van der Waals surface area contributed by atoms with Gasteiger partial charge < -0.3 is 5.32 Å². The van der Waals surface area contributed by atoms with Gasteiger partial charge in [0.1, 0.15) is 5.82 Å². The van der Waals surface area contributed by atoms with Crippen LogP contribution in [0.4, 0.5) is 16.3 Å². The molecule has 0 saturated heterocycles. The highest BCUT2D eigenvalue weighted by Crippen LogP contribution is 2.33. The van der Waals surface area contributed by atoms with Crippen LogP contribution in [0.5, 0.6) is 0 Å². The van der Waals surface area contributed by atoms with E-state index in [2.05, 4.69) is 21.8 Å². The molecule has 1 aromatic heterocycles. The quantitative estimate of drug-likeness (QED) is 0.864. The van der Waals surface area contributed by atoms with Gasteiger partial charge in [0.05, 0.1) is 5.69 Å². The number of carbonyl (C=O) groups is 1. The van der Waals surface area contributed by atoms with Crippen LogP contribution in [0.15, 0.2) is 30.3 Å². The molecular weight excluding hydrogens is 300 g/mol. The molecule has 0 unspecified atom stereocenters. The highest BCUT2D eigenvalue weighted by Gasteiger charge is 2.20. The molecule has 0 aliphatic heterocycles. The van der Waals surface area contributed by atoms with E-state index in [1.54, 1.807) is 4.68 Å². The summed E-state index contributed by atoms with van der Waals surface area (Å²) in [6.07, 6.45) is 6.84. The summed E-state index contributed by atoms with van der Waals surface area (Å²) in [6, 6.07) is 7.49. The summed E-state index contributed by atoms with van der Waals surface area (Å²) in [4.78, 5) is 12.4. The average molecular weight is 324 g/mol. The van der Waals surface area contributed by atoms with Crippen LogP contribution < -0.4 is 10.6 Å². The molecule has 0 bridgehead atoms. The zero-order valence-corrected chi connectivity index (χ0v) is 14.5. The van der Waals surface area contributed by atoms with Gasteiger partial charge in [-0.1, -0.05) is 23.8 Å². The molecule has 3 rings (SSSR count). The predicted octanol–water partition coefficient (Wildman–Crippen LogP) is 4.64. The van der Waals surface area contributed by atoms with Crippen molar-refractivity contribution in [1.82, 2.24) is 9.78 Å². The van der Waals surface area contributed by atoms with Gasteiger partial charge in [-0.25, -0.2) is 4.79 Å². The SMILES string of the molecule is Cc1ccc(NC(=O)Nc2c(C3=CCCCC3)c(C)nn2C)cc1. The summed E-state index contributed by atoms with van der Waals surface area (Å²) < 4.78 is 1.74. The minimum atomic E-state index is -0.250. The predicted molar refractivity (Wildman–Crippen MR) is 98.2 cm³/mol. The zero-order chi connectivity index (χ0) is 17.1. The van der Waals surface area contributed by atoms with E-state index >= 15 is 0 Å². The lowest BCUT2D eigenvalue weighted by Crippen LogP contribution is -2.21. The van der Waals surface area contributed by atoms with Crippen molar-refractivity contribution in [2.75, 3.05) is 10.6 Å². The Bertz CT molecular complexity index is 771. The molecule has 0 fully saturated rings. The van der Waals surface area contributed by atoms with Crippen LogP contribution in [0, 0.1) is 13.8 Å². The van der Waals surface area contributed by atoms with Gasteiger partial charge in [-0.15, -0.1) is 0 Å². The van der Waals surface area contributed by atoms with Crippen molar-refractivity contribution in [3.05, 3.63) is 47.2 Å². The first kappa shape index (κ1) is 16.3. The summed E-state index contributed by atoms with van der Waals surface area (Å²) in [5.41, 5.74) is 5.25. The van der Waals surface area contributed by atoms with Crippen molar-refractivity contribution >= 4 is 23.1 Å². The molecule has 0 radical (unpaired) electrons. The van der Waals surface area contributed by atoms with Crippen molar-refractivity contribution in [2.24, 2.45) is 7.05 Å². The van der Waals surface area contributed by atoms with Gasteiger partial charge in [-0.05, 0) is 57.2 Å². The summed E-state index contributed by atoms with van der Waals surface area (Å²) >= 11 is 0. The van der Waals surface area contributed by atoms with Crippen LogP contribution in [0.25, 0.3) is 5.57 Å². The van der Waals surface area contributed by atoms with E-state index < -0.39 is 0 Å². The third-order valence-electron chi connectivity index (χ3n) is 4.38. The number of amides is 2. The maximum atomic E-state index is 12.4. The van der Waals surface area contributed by atoms with Crippen LogP contribution in [0.3, 0.4) is 0 Å². The minimum Gasteiger partial charge on any atom is -0.308 e. The summed E-state index contributed by atoms with van der Waals surface area (Å²) in [7, 11) is 1.86. The van der Waals surface area contributed by atoms with E-state index in [1.165, 1.54) is 18.4 Å². The molecule has 5 heteroatoms. The number of nitrogens with zero attached hydrogens (tertiary/aromatic N) is 2. The Morgan fingerprint density at radius 1 is 1.12 bits per heavy atom. The lowest BCUT2D eigenvalue weighted by Gasteiger charge is -2.15. The molecule has 126 valence electrons. The highest BCUT2D eigenvalue weighted by atomic mass is 16.2. The fraction of sp³-hybridized carbons (Fsp3) is 0.368. The molecule has 1 aliphatic carbocycles. The topological polar surface area (TPSA) is 59.0 Å². The zero-order valence-electron chi connectivity index (χ0n) is 14.5. The molecule has 1 aromatic carbocycles. The number of carbonyl (C=O) groups excluding carboxylic acids is 1. The number of aromatic nitrogens is 2. The Hall–Kier alpha value is -2.56. The number of benzene rings is 1. The van der Waals surface area contributed by atoms with Crippen molar-refractivity contribution in [3.8, 4) is 0 Å². The molecule has 0 spiro atoms. The van der Waals surface area contributed by atoms with E-state index in [0.717, 1.165) is 41.2 Å². The third-order valence-corrected chi connectivity index (χ3v) is 4.38. The molecule has 0 saturated carbocycles. The van der Waals surface area contributed by atoms with E-state index in [9.17, 15) is 4.79 Å². The Morgan fingerprint density at radius 2 is 1.88 bits per heavy atom. The largest absolute Gasteiger partial charge is 0.324 e. The average Bonchev–Trinajstić information content (AvgIpc) is 2.84. The second-order valence-electron chi connectivity index (χ2n) is 6.35. The Balaban J connectivity index is 1.80. The van der Waals surface area contributed by atoms with Crippen LogP contribution in [-0.2, 0) is 7.05 Å². The number of urea groups is 1. The van der Waals surface area contributed by atoms with Crippen molar-refractivity contribution in [1.29, 1.82) is 0 Å². The minimum absolute atomic E-state index is 0.250. The molecule has 1 heterocycles. The second kappa shape index (κ2) is 6.91. The first-order valence-electron chi connectivity index (χ1n) is 8.42. The van der Waals surface area contributed by atoms with E-state index in [-0.39, 0.29) is 6.03 Å². The fourth-order valence-electron chi connectivity index (χ4n) is 3.16. The highest BCUT2D eigenvalue weighted by molar-refractivity contribution is 6.01. The van der Waals surface area contributed by atoms with Crippen LogP contribution in [0.1, 0.15) is 42.5 Å². The van der Waals surface area contributed by atoms with Crippen LogP contribution >= 0.6 is 0 Å². The monoisotopic (exact) mass is 324 g/mol. The summed E-state index contributed by atoms with van der Waals surface area (Å²) in [6.45, 7) is 4.01. The van der Waals surface area contributed by atoms with Crippen molar-refractivity contribution < 1.29 is 4.79 Å². The van der Waals surface area contributed by atoms with Gasteiger partial charge in [-0.3, -0.25) is 10.00 Å². The number of aryl methyl sites for hydroxylation is 3. The standard InChI is InChI=1S/C19H24N4O/c1-13-9-11-16(12-10-13)20-19(24)21-18-17(14(2)22-23(18)3)15-7-5-4-6-8-15/h7,9-12H,4-6,8H2,1-3H3,(H2,20,21,24). The smallest absolute Gasteiger partial charge is 0.308 e. The number of nitrogens with one attached hydrogen (secondary N) is 2. The first-order valence-corrected chi connectivity index (χ1v) is 8.42.